The van der Waals surface area contributed by atoms with E-state index in [-0.39, 0.29) is 0 Å². The average Bonchev–Trinajstić information content (AvgIpc) is 3.89. The lowest BCUT2D eigenvalue weighted by Crippen LogP contribution is -2.44. The fourth-order valence-corrected chi connectivity index (χ4v) is 23.2. The van der Waals surface area contributed by atoms with Gasteiger partial charge in [0.05, 0.1) is 24.4 Å². The minimum atomic E-state index is 0.550. The summed E-state index contributed by atoms with van der Waals surface area (Å²) in [6.07, 6.45) is 70.0. The molecule has 8 saturated carbocycles. The predicted molar refractivity (Wildman–Crippen MR) is 387 cm³/mol. The average molecular weight is 1300 g/mol. The van der Waals surface area contributed by atoms with Crippen LogP contribution in [-0.2, 0) is 9.47 Å². The Morgan fingerprint density at radius 2 is 0.696 bits per heavy atom. The van der Waals surface area contributed by atoms with Gasteiger partial charge >= 0.3 is 0 Å². The van der Waals surface area contributed by atoms with Crippen molar-refractivity contribution in [3.05, 3.63) is 12.2 Å². The molecule has 27 fully saturated rings. The topological polar surface area (TPSA) is 118 Å². The van der Waals surface area contributed by atoms with Gasteiger partial charge in [-0.25, -0.2) is 0 Å². The lowest BCUT2D eigenvalue weighted by molar-refractivity contribution is 0.0184. The zero-order valence-corrected chi connectivity index (χ0v) is 59.8. The van der Waals surface area contributed by atoms with Crippen LogP contribution in [0.15, 0.2) is 12.2 Å². The molecule has 0 aromatic carbocycles. The van der Waals surface area contributed by atoms with Crippen molar-refractivity contribution >= 4 is 11.8 Å². The fraction of sp³-hybridized carbons (Fsp3) is 0.975. The van der Waals surface area contributed by atoms with Crippen molar-refractivity contribution in [2.45, 2.75) is 354 Å². The molecule has 12 unspecified atom stereocenters. The first-order chi connectivity index (χ1) is 45.4. The Kier molecular flexibility index (Phi) is 28.5. The van der Waals surface area contributed by atoms with Crippen molar-refractivity contribution in [2.24, 2.45) is 59.2 Å². The highest BCUT2D eigenvalue weighted by Crippen LogP contribution is 2.45. The summed E-state index contributed by atoms with van der Waals surface area (Å²) in [5.41, 5.74) is 0. The summed E-state index contributed by atoms with van der Waals surface area (Å²) in [5.74, 6) is 12.0. The highest BCUT2D eigenvalue weighted by atomic mass is 32.2. The summed E-state index contributed by atoms with van der Waals surface area (Å²) in [7, 11) is 0. The molecule has 92 heavy (non-hydrogen) atoms. The van der Waals surface area contributed by atoms with Crippen molar-refractivity contribution in [3.63, 3.8) is 0 Å². The molecule has 28 rings (SSSR count). The largest absolute Gasteiger partial charge is 0.375 e. The minimum absolute atomic E-state index is 0.550. The molecule has 0 aromatic rings. The number of hydrogen-bond acceptors (Lipinski definition) is 12. The number of piperidine rings is 8. The molecule has 526 valence electrons. The van der Waals surface area contributed by atoms with E-state index in [1.165, 1.54) is 327 Å². The van der Waals surface area contributed by atoms with Gasteiger partial charge in [-0.05, 0) is 348 Å². The molecule has 11 nitrogen and oxygen atoms in total. The number of thioether (sulfide) groups is 1. The normalized spacial score (nSPS) is 45.7. The molecule has 19 aliphatic heterocycles. The Morgan fingerprint density at radius 3 is 1.01 bits per heavy atom. The molecule has 0 amide bonds. The van der Waals surface area contributed by atoms with Crippen LogP contribution in [0.1, 0.15) is 276 Å². The first-order valence-corrected chi connectivity index (χ1v) is 42.6. The van der Waals surface area contributed by atoms with Crippen LogP contribution in [0.4, 0.5) is 0 Å². The molecule has 8 N–H and O–H groups in total. The first-order valence-electron chi connectivity index (χ1n) is 41.6. The highest BCUT2D eigenvalue weighted by molar-refractivity contribution is 8.00. The maximum absolute atomic E-state index is 5.53. The molecule has 19 saturated heterocycles. The summed E-state index contributed by atoms with van der Waals surface area (Å²) in [6, 6.07) is 7.30. The van der Waals surface area contributed by atoms with Crippen LogP contribution in [0.2, 0.25) is 0 Å². The van der Waals surface area contributed by atoms with Gasteiger partial charge in [-0.15, -0.1) is 0 Å². The lowest BCUT2D eigenvalue weighted by atomic mass is 9.65. The van der Waals surface area contributed by atoms with E-state index < -0.39 is 0 Å². The molecule has 28 aliphatic rings. The van der Waals surface area contributed by atoms with E-state index in [1.807, 2.05) is 0 Å². The summed E-state index contributed by atoms with van der Waals surface area (Å²) in [5, 5.41) is 28.9. The van der Waals surface area contributed by atoms with Crippen molar-refractivity contribution in [1.29, 1.82) is 0 Å². The molecule has 0 spiro atoms. The fourth-order valence-electron chi connectivity index (χ4n) is 21.7. The Labute approximate surface area is 568 Å². The number of nitrogens with zero attached hydrogens (tertiary/aromatic N) is 1. The Balaban J connectivity index is 0.0000000916. The van der Waals surface area contributed by atoms with Crippen LogP contribution in [0.25, 0.3) is 0 Å². The van der Waals surface area contributed by atoms with E-state index >= 15 is 0 Å². The van der Waals surface area contributed by atoms with Crippen molar-refractivity contribution in [2.75, 3.05) is 77.7 Å². The number of fused-ring (bicyclic) bond motifs is 27. The van der Waals surface area contributed by atoms with Gasteiger partial charge in [-0.2, -0.15) is 11.8 Å². The van der Waals surface area contributed by atoms with Gasteiger partial charge in [0.1, 0.15) is 0 Å². The highest BCUT2D eigenvalue weighted by Gasteiger charge is 2.36. The monoisotopic (exact) mass is 1290 g/mol. The Bertz CT molecular complexity index is 1620. The SMILES string of the molecule is C1=CC2CNCC1C2.C1CC2CC(C1)C2.C1CC2CC1CN2.C1CC2CCC(C1)N2.C1CC2CCC1CN2.C1CC2CCC1CN2.C1CC2CCC1CS2.C1CC2CCC1N2.C1CC2CCC1O2.C1CC2CCN(C1)C2.C1CC2CNC(C1)C2.C1CC2CNCC1O2. The van der Waals surface area contributed by atoms with E-state index in [0.29, 0.717) is 24.4 Å². The molecule has 24 bridgehead atoms. The zero-order chi connectivity index (χ0) is 61.9. The Morgan fingerprint density at radius 1 is 0.283 bits per heavy atom. The maximum atomic E-state index is 5.53. The predicted octanol–water partition coefficient (Wildman–Crippen LogP) is 14.2. The molecule has 9 aliphatic carbocycles. The number of morpholine rings is 1. The van der Waals surface area contributed by atoms with Crippen LogP contribution in [-0.4, -0.2) is 161 Å². The molecular weight excluding hydrogens is 1150 g/mol. The second kappa shape index (κ2) is 37.4. The summed E-state index contributed by atoms with van der Waals surface area (Å²) < 4.78 is 11.0. The second-order valence-electron chi connectivity index (χ2n) is 35.1. The zero-order valence-electron chi connectivity index (χ0n) is 59.0. The molecule has 0 aromatic heterocycles. The number of rotatable bonds is 0. The number of ether oxygens (including phenoxy) is 2. The smallest absolute Gasteiger partial charge is 0.0704 e. The van der Waals surface area contributed by atoms with Crippen molar-refractivity contribution < 1.29 is 9.47 Å². The lowest BCUT2D eigenvalue weighted by Gasteiger charge is -2.40. The molecule has 12 atom stereocenters. The summed E-state index contributed by atoms with van der Waals surface area (Å²) in [4.78, 5) is 2.59. The quantitative estimate of drug-likeness (QED) is 0.110. The molecule has 19 heterocycles. The van der Waals surface area contributed by atoms with E-state index in [4.69, 9.17) is 9.47 Å². The number of nitrogens with one attached hydrogen (secondary N) is 8. The molecule has 12 heteroatoms. The maximum Gasteiger partial charge on any atom is 0.0704 e. The van der Waals surface area contributed by atoms with Gasteiger partial charge in [-0.3, -0.25) is 0 Å². The van der Waals surface area contributed by atoms with Gasteiger partial charge in [0, 0.05) is 86.3 Å². The standard InChI is InChI=1S/2C7H13N.C7H11N.3C7H13N.C7H12S.C7H12.C6H11NO.2C6H11N.C6H10O/c2*1-3-7-4-2-6(1)5-8-7;1-2-7-3-6(1)4-8-5-7;1-2-7-3-5-8(4-1)6-7;1-2-6-4-7(3-1)8-5-6;1-2-6-4-5-7(3-1)8-6;1-3-7-4-2-6(1)5-8-7;1-2-6-4-7(3-1)5-6;1-2-6-4-7-3-5(1)8-6;1-2-6-3-5(1)4-7-6;2*1-2-6-4-3-5(1)7-6/h2*6-8H,1-5H2;1-2,6-8H,3-5H2;7H,1-6H2;2*6-8H,1-5H2;6-7H,1-5H2;6-7H,1-5H2;5-7H,1-4H2;2*5-7H,1-4H2;5-6H,1-4H2. The minimum Gasteiger partial charge on any atom is -0.375 e. The van der Waals surface area contributed by atoms with Gasteiger partial charge in [0.25, 0.3) is 0 Å². The summed E-state index contributed by atoms with van der Waals surface area (Å²) in [6.45, 7) is 14.0. The third-order valence-corrected chi connectivity index (χ3v) is 29.4. The van der Waals surface area contributed by atoms with Crippen LogP contribution in [0.5, 0.6) is 0 Å². The summed E-state index contributed by atoms with van der Waals surface area (Å²) >= 11 is 2.21. The molecule has 0 radical (unpaired) electrons. The second-order valence-corrected chi connectivity index (χ2v) is 36.4. The van der Waals surface area contributed by atoms with Crippen LogP contribution >= 0.6 is 11.8 Å². The van der Waals surface area contributed by atoms with E-state index in [0.717, 1.165) is 114 Å². The van der Waals surface area contributed by atoms with Gasteiger partial charge in [-0.1, -0.05) is 44.3 Å². The first kappa shape index (κ1) is 70.1. The van der Waals surface area contributed by atoms with E-state index in [9.17, 15) is 0 Å². The van der Waals surface area contributed by atoms with Crippen LogP contribution < -0.4 is 42.5 Å². The van der Waals surface area contributed by atoms with Crippen molar-refractivity contribution in [3.8, 4) is 0 Å². The van der Waals surface area contributed by atoms with Gasteiger partial charge in [0.2, 0.25) is 0 Å². The van der Waals surface area contributed by atoms with Crippen molar-refractivity contribution in [1.82, 2.24) is 47.4 Å². The van der Waals surface area contributed by atoms with Gasteiger partial charge in [0.15, 0.2) is 0 Å². The third-order valence-electron chi connectivity index (χ3n) is 27.8. The Hall–Kier alpha value is -0.350. The van der Waals surface area contributed by atoms with Gasteiger partial charge < -0.3 is 56.9 Å². The van der Waals surface area contributed by atoms with Crippen LogP contribution in [0, 0.1) is 59.2 Å². The molecular formula is C80H143N9O2S. The van der Waals surface area contributed by atoms with E-state index in [1.54, 1.807) is 25.7 Å². The van der Waals surface area contributed by atoms with Crippen LogP contribution in [0.3, 0.4) is 0 Å². The number of hydrogen-bond donors (Lipinski definition) is 8. The van der Waals surface area contributed by atoms with E-state index in [2.05, 4.69) is 71.3 Å². The third kappa shape index (κ3) is 22.8.